The summed E-state index contributed by atoms with van der Waals surface area (Å²) in [6.45, 7) is 1.40. The Morgan fingerprint density at radius 2 is 2.09 bits per heavy atom. The van der Waals surface area contributed by atoms with Crippen LogP contribution < -0.4 is 0 Å². The van der Waals surface area contributed by atoms with Gasteiger partial charge in [0.05, 0.1) is 5.92 Å². The Labute approximate surface area is 134 Å². The van der Waals surface area contributed by atoms with Gasteiger partial charge in [-0.05, 0) is 31.5 Å². The highest BCUT2D eigenvalue weighted by molar-refractivity contribution is 5.74. The lowest BCUT2D eigenvalue weighted by molar-refractivity contribution is -0.160. The quantitative estimate of drug-likeness (QED) is 0.802. The Kier molecular flexibility index (Phi) is 4.62. The first kappa shape index (κ1) is 16.3. The zero-order chi connectivity index (χ0) is 16.4. The van der Waals surface area contributed by atoms with Gasteiger partial charge in [0.2, 0.25) is 5.92 Å². The van der Waals surface area contributed by atoms with Crippen molar-refractivity contribution in [3.63, 3.8) is 0 Å². The molecule has 3 rings (SSSR count). The normalized spacial score (nSPS) is 28.7. The average Bonchev–Trinajstić information content (AvgIpc) is 2.92. The van der Waals surface area contributed by atoms with Crippen LogP contribution in [-0.2, 0) is 9.53 Å². The first-order chi connectivity index (χ1) is 10.9. The van der Waals surface area contributed by atoms with Crippen molar-refractivity contribution >= 4 is 5.97 Å². The molecule has 2 heterocycles. The Balaban J connectivity index is 1.64. The lowest BCUT2D eigenvalue weighted by Gasteiger charge is -2.29. The van der Waals surface area contributed by atoms with Gasteiger partial charge < -0.3 is 9.64 Å². The minimum atomic E-state index is -2.60. The monoisotopic (exact) mass is 324 g/mol. The minimum absolute atomic E-state index is 0.0474. The number of nitrogens with zero attached hydrogens (tertiary/aromatic N) is 2. The fourth-order valence-corrected chi connectivity index (χ4v) is 3.56. The Bertz CT molecular complexity index is 543. The van der Waals surface area contributed by atoms with E-state index in [1.807, 2.05) is 19.2 Å². The summed E-state index contributed by atoms with van der Waals surface area (Å²) in [5.74, 6) is -3.08. The third-order valence-electron chi connectivity index (χ3n) is 4.86. The van der Waals surface area contributed by atoms with Crippen molar-refractivity contribution in [2.24, 2.45) is 5.92 Å². The molecule has 1 aromatic rings. The van der Waals surface area contributed by atoms with Crippen molar-refractivity contribution in [3.05, 3.63) is 30.1 Å². The standard InChI is InChI=1S/C17H22F2N2O2/c1-21-10-14(12-3-2-8-20-9-12)15(11-21)16(22)23-13-4-6-17(18,19)7-5-13/h2-3,8-9,13-15H,4-7,10-11H2,1H3/t14-,15+/m1/s1. The van der Waals surface area contributed by atoms with E-state index >= 15 is 0 Å². The van der Waals surface area contributed by atoms with Crippen LogP contribution in [0.25, 0.3) is 0 Å². The first-order valence-corrected chi connectivity index (χ1v) is 8.11. The van der Waals surface area contributed by atoms with Crippen molar-refractivity contribution < 1.29 is 18.3 Å². The molecule has 1 saturated carbocycles. The van der Waals surface area contributed by atoms with E-state index < -0.39 is 5.92 Å². The number of carbonyl (C=O) groups is 1. The van der Waals surface area contributed by atoms with E-state index in [-0.39, 0.29) is 49.6 Å². The summed E-state index contributed by atoms with van der Waals surface area (Å²) >= 11 is 0. The first-order valence-electron chi connectivity index (χ1n) is 8.11. The second-order valence-electron chi connectivity index (χ2n) is 6.71. The lowest BCUT2D eigenvalue weighted by Crippen LogP contribution is -2.33. The van der Waals surface area contributed by atoms with Crippen LogP contribution in [-0.4, -0.2) is 48.0 Å². The summed E-state index contributed by atoms with van der Waals surface area (Å²) in [6.07, 6.45) is 3.23. The van der Waals surface area contributed by atoms with E-state index in [0.29, 0.717) is 6.54 Å². The highest BCUT2D eigenvalue weighted by atomic mass is 19.3. The van der Waals surface area contributed by atoms with Crippen LogP contribution in [0, 0.1) is 5.92 Å². The summed E-state index contributed by atoms with van der Waals surface area (Å²) in [4.78, 5) is 18.8. The molecule has 0 spiro atoms. The molecule has 2 aliphatic rings. The summed E-state index contributed by atoms with van der Waals surface area (Å²) in [7, 11) is 1.97. The van der Waals surface area contributed by atoms with Gasteiger partial charge in [-0.2, -0.15) is 0 Å². The van der Waals surface area contributed by atoms with Gasteiger partial charge in [0.1, 0.15) is 6.10 Å². The molecule has 4 nitrogen and oxygen atoms in total. The zero-order valence-electron chi connectivity index (χ0n) is 13.3. The molecule has 2 fully saturated rings. The van der Waals surface area contributed by atoms with E-state index in [1.165, 1.54) is 0 Å². The van der Waals surface area contributed by atoms with E-state index in [2.05, 4.69) is 9.88 Å². The molecule has 6 heteroatoms. The van der Waals surface area contributed by atoms with Gasteiger partial charge in [-0.1, -0.05) is 6.07 Å². The van der Waals surface area contributed by atoms with Crippen LogP contribution in [0.3, 0.4) is 0 Å². The smallest absolute Gasteiger partial charge is 0.311 e. The SMILES string of the molecule is CN1C[C@H](C(=O)OC2CCC(F)(F)CC2)[C@@H](c2cccnc2)C1. The van der Waals surface area contributed by atoms with Crippen LogP contribution in [0.4, 0.5) is 8.78 Å². The van der Waals surface area contributed by atoms with Gasteiger partial charge in [-0.15, -0.1) is 0 Å². The fourth-order valence-electron chi connectivity index (χ4n) is 3.56. The maximum atomic E-state index is 13.2. The van der Waals surface area contributed by atoms with Crippen molar-refractivity contribution in [2.45, 2.75) is 43.6 Å². The second-order valence-corrected chi connectivity index (χ2v) is 6.71. The molecule has 1 aromatic heterocycles. The molecule has 126 valence electrons. The molecule has 0 amide bonds. The predicted octanol–water partition coefficient (Wildman–Crippen LogP) is 2.85. The molecule has 0 aromatic carbocycles. The van der Waals surface area contributed by atoms with Crippen molar-refractivity contribution in [1.29, 1.82) is 0 Å². The van der Waals surface area contributed by atoms with E-state index in [0.717, 1.165) is 12.1 Å². The summed E-state index contributed by atoms with van der Waals surface area (Å²) in [5, 5.41) is 0. The number of alkyl halides is 2. The number of hydrogen-bond acceptors (Lipinski definition) is 4. The number of aromatic nitrogens is 1. The third-order valence-corrected chi connectivity index (χ3v) is 4.86. The molecule has 0 bridgehead atoms. The van der Waals surface area contributed by atoms with Gasteiger partial charge in [-0.25, -0.2) is 8.78 Å². The number of likely N-dealkylation sites (N-methyl/N-ethyl adjacent to an activating group) is 1. The van der Waals surface area contributed by atoms with E-state index in [4.69, 9.17) is 4.74 Å². The van der Waals surface area contributed by atoms with Crippen LogP contribution in [0.2, 0.25) is 0 Å². The average molecular weight is 324 g/mol. The minimum Gasteiger partial charge on any atom is -0.462 e. The molecular weight excluding hydrogens is 302 g/mol. The van der Waals surface area contributed by atoms with Crippen LogP contribution in [0.5, 0.6) is 0 Å². The number of carbonyl (C=O) groups excluding carboxylic acids is 1. The number of ether oxygens (including phenoxy) is 1. The highest BCUT2D eigenvalue weighted by Crippen LogP contribution is 2.36. The molecule has 0 N–H and O–H groups in total. The number of hydrogen-bond donors (Lipinski definition) is 0. The molecule has 1 aliphatic carbocycles. The van der Waals surface area contributed by atoms with Crippen molar-refractivity contribution in [3.8, 4) is 0 Å². The number of esters is 1. The van der Waals surface area contributed by atoms with Crippen molar-refractivity contribution in [2.75, 3.05) is 20.1 Å². The van der Waals surface area contributed by atoms with Gasteiger partial charge in [0.25, 0.3) is 0 Å². The number of rotatable bonds is 3. The van der Waals surface area contributed by atoms with E-state index in [1.54, 1.807) is 12.4 Å². The molecule has 0 radical (unpaired) electrons. The largest absolute Gasteiger partial charge is 0.462 e. The second kappa shape index (κ2) is 6.51. The predicted molar refractivity (Wildman–Crippen MR) is 81.3 cm³/mol. The molecule has 1 aliphatic heterocycles. The molecule has 2 atom stereocenters. The number of pyridine rings is 1. The van der Waals surface area contributed by atoms with Gasteiger partial charge >= 0.3 is 5.97 Å². The molecule has 0 unspecified atom stereocenters. The Morgan fingerprint density at radius 1 is 1.35 bits per heavy atom. The fraction of sp³-hybridized carbons (Fsp3) is 0.647. The number of likely N-dealkylation sites (tertiary alicyclic amines) is 1. The van der Waals surface area contributed by atoms with Crippen molar-refractivity contribution in [1.82, 2.24) is 9.88 Å². The maximum absolute atomic E-state index is 13.2. The topological polar surface area (TPSA) is 42.4 Å². The van der Waals surface area contributed by atoms with Crippen LogP contribution in [0.15, 0.2) is 24.5 Å². The summed E-state index contributed by atoms with van der Waals surface area (Å²) in [5.41, 5.74) is 1.02. The van der Waals surface area contributed by atoms with Crippen LogP contribution in [0.1, 0.15) is 37.2 Å². The molecule has 1 saturated heterocycles. The summed E-state index contributed by atoms with van der Waals surface area (Å²) in [6, 6.07) is 3.83. The molecule has 23 heavy (non-hydrogen) atoms. The lowest BCUT2D eigenvalue weighted by atomic mass is 9.89. The number of halogens is 2. The van der Waals surface area contributed by atoms with Gasteiger partial charge in [-0.3, -0.25) is 9.78 Å². The highest BCUT2D eigenvalue weighted by Gasteiger charge is 2.41. The van der Waals surface area contributed by atoms with Crippen LogP contribution >= 0.6 is 0 Å². The van der Waals surface area contributed by atoms with E-state index in [9.17, 15) is 13.6 Å². The van der Waals surface area contributed by atoms with Gasteiger partial charge in [0.15, 0.2) is 0 Å². The maximum Gasteiger partial charge on any atom is 0.311 e. The zero-order valence-corrected chi connectivity index (χ0v) is 13.3. The van der Waals surface area contributed by atoms with Gasteiger partial charge in [0, 0.05) is 44.2 Å². The molecular formula is C17H22F2N2O2. The Morgan fingerprint density at radius 3 is 2.74 bits per heavy atom. The third kappa shape index (κ3) is 3.86. The summed E-state index contributed by atoms with van der Waals surface area (Å²) < 4.78 is 31.9. The Hall–Kier alpha value is -1.56.